The number of anilines is 2. The fourth-order valence-electron chi connectivity index (χ4n) is 2.09. The van der Waals surface area contributed by atoms with Crippen LogP contribution in [0.15, 0.2) is 60.7 Å². The average molecular weight is 278 g/mol. The summed E-state index contributed by atoms with van der Waals surface area (Å²) in [6.07, 6.45) is 0. The van der Waals surface area contributed by atoms with Gasteiger partial charge >= 0.3 is 5.97 Å². The summed E-state index contributed by atoms with van der Waals surface area (Å²) < 4.78 is 5.31. The Morgan fingerprint density at radius 1 is 0.762 bits per heavy atom. The average Bonchev–Trinajstić information content (AvgIpc) is 2.49. The highest BCUT2D eigenvalue weighted by Gasteiger charge is 2.09. The van der Waals surface area contributed by atoms with Crippen molar-refractivity contribution in [1.82, 2.24) is 0 Å². The van der Waals surface area contributed by atoms with E-state index in [0.29, 0.717) is 22.7 Å². The Kier molecular flexibility index (Phi) is 3.20. The first-order chi connectivity index (χ1) is 10.1. The lowest BCUT2D eigenvalue weighted by Crippen LogP contribution is -2.08. The van der Waals surface area contributed by atoms with E-state index < -0.39 is 5.97 Å². The molecule has 0 aliphatic rings. The molecule has 0 saturated carbocycles. The van der Waals surface area contributed by atoms with Gasteiger partial charge in [-0.25, -0.2) is 4.79 Å². The van der Waals surface area contributed by atoms with Gasteiger partial charge in [-0.05, 0) is 59.3 Å². The summed E-state index contributed by atoms with van der Waals surface area (Å²) in [5, 5.41) is 1.93. The van der Waals surface area contributed by atoms with Crippen LogP contribution < -0.4 is 16.2 Å². The second kappa shape index (κ2) is 5.17. The number of carbonyl (C=O) groups is 1. The molecule has 0 spiro atoms. The van der Waals surface area contributed by atoms with E-state index in [2.05, 4.69) is 0 Å². The van der Waals surface area contributed by atoms with E-state index in [1.165, 1.54) is 0 Å². The highest BCUT2D eigenvalue weighted by molar-refractivity contribution is 5.97. The zero-order valence-corrected chi connectivity index (χ0v) is 11.2. The second-order valence-corrected chi connectivity index (χ2v) is 4.78. The van der Waals surface area contributed by atoms with Gasteiger partial charge in [0.05, 0.1) is 5.56 Å². The third-order valence-corrected chi connectivity index (χ3v) is 3.19. The predicted molar refractivity (Wildman–Crippen MR) is 84.2 cm³/mol. The van der Waals surface area contributed by atoms with Crippen molar-refractivity contribution >= 4 is 28.1 Å². The first-order valence-corrected chi connectivity index (χ1v) is 6.49. The van der Waals surface area contributed by atoms with Gasteiger partial charge in [-0.15, -0.1) is 0 Å². The molecule has 0 atom stereocenters. The smallest absolute Gasteiger partial charge is 0.343 e. The van der Waals surface area contributed by atoms with E-state index in [9.17, 15) is 4.79 Å². The van der Waals surface area contributed by atoms with Crippen molar-refractivity contribution < 1.29 is 9.53 Å². The van der Waals surface area contributed by atoms with E-state index in [4.69, 9.17) is 16.2 Å². The Balaban J connectivity index is 1.87. The molecular formula is C17H14N2O2. The number of fused-ring (bicyclic) bond motifs is 1. The van der Waals surface area contributed by atoms with E-state index in [1.807, 2.05) is 18.2 Å². The van der Waals surface area contributed by atoms with Crippen LogP contribution in [0.2, 0.25) is 0 Å². The molecule has 4 N–H and O–H groups in total. The number of rotatable bonds is 2. The lowest BCUT2D eigenvalue weighted by molar-refractivity contribution is 0.0735. The van der Waals surface area contributed by atoms with Crippen LogP contribution in [-0.4, -0.2) is 5.97 Å². The Morgan fingerprint density at radius 2 is 1.38 bits per heavy atom. The largest absolute Gasteiger partial charge is 0.423 e. The predicted octanol–water partition coefficient (Wildman–Crippen LogP) is 3.22. The molecule has 4 heteroatoms. The SMILES string of the molecule is Nc1ccc(OC(=O)c2ccc3cc(N)ccc3c2)cc1. The molecule has 0 aromatic heterocycles. The van der Waals surface area contributed by atoms with Crippen LogP contribution in [0, 0.1) is 0 Å². The van der Waals surface area contributed by atoms with Crippen molar-refractivity contribution in [3.8, 4) is 5.75 Å². The molecule has 4 nitrogen and oxygen atoms in total. The van der Waals surface area contributed by atoms with Crippen molar-refractivity contribution in [2.75, 3.05) is 11.5 Å². The van der Waals surface area contributed by atoms with Crippen LogP contribution in [0.4, 0.5) is 11.4 Å². The van der Waals surface area contributed by atoms with Crippen LogP contribution in [0.5, 0.6) is 5.75 Å². The molecule has 0 saturated heterocycles. The summed E-state index contributed by atoms with van der Waals surface area (Å²) >= 11 is 0. The lowest BCUT2D eigenvalue weighted by atomic mass is 10.1. The molecule has 3 aromatic rings. The van der Waals surface area contributed by atoms with Gasteiger partial charge in [0.1, 0.15) is 5.75 Å². The van der Waals surface area contributed by atoms with Gasteiger partial charge in [0, 0.05) is 11.4 Å². The van der Waals surface area contributed by atoms with Crippen LogP contribution in [0.1, 0.15) is 10.4 Å². The van der Waals surface area contributed by atoms with Crippen molar-refractivity contribution in [2.24, 2.45) is 0 Å². The molecule has 0 unspecified atom stereocenters. The number of carbonyl (C=O) groups excluding carboxylic acids is 1. The maximum atomic E-state index is 12.1. The highest BCUT2D eigenvalue weighted by atomic mass is 16.5. The molecule has 0 bridgehead atoms. The standard InChI is InChI=1S/C17H14N2O2/c18-14-5-7-16(8-6-14)21-17(20)13-2-1-12-10-15(19)4-3-11(12)9-13/h1-10H,18-19H2. The maximum absolute atomic E-state index is 12.1. The first kappa shape index (κ1) is 13.0. The monoisotopic (exact) mass is 278 g/mol. The fourth-order valence-corrected chi connectivity index (χ4v) is 2.09. The van der Waals surface area contributed by atoms with Crippen LogP contribution in [0.3, 0.4) is 0 Å². The van der Waals surface area contributed by atoms with Crippen molar-refractivity contribution in [2.45, 2.75) is 0 Å². The number of benzene rings is 3. The molecule has 104 valence electrons. The zero-order valence-electron chi connectivity index (χ0n) is 11.2. The lowest BCUT2D eigenvalue weighted by Gasteiger charge is -2.06. The van der Waals surface area contributed by atoms with Gasteiger partial charge in [-0.2, -0.15) is 0 Å². The number of nitrogen functional groups attached to an aromatic ring is 2. The quantitative estimate of drug-likeness (QED) is 0.428. The molecule has 21 heavy (non-hydrogen) atoms. The Morgan fingerprint density at radius 3 is 2.14 bits per heavy atom. The van der Waals surface area contributed by atoms with Crippen LogP contribution >= 0.6 is 0 Å². The van der Waals surface area contributed by atoms with Gasteiger partial charge in [0.2, 0.25) is 0 Å². The Labute approximate surface area is 121 Å². The number of hydrogen-bond donors (Lipinski definition) is 2. The van der Waals surface area contributed by atoms with Crippen molar-refractivity contribution in [3.63, 3.8) is 0 Å². The minimum absolute atomic E-state index is 0.404. The van der Waals surface area contributed by atoms with Crippen LogP contribution in [-0.2, 0) is 0 Å². The number of nitrogens with two attached hydrogens (primary N) is 2. The second-order valence-electron chi connectivity index (χ2n) is 4.78. The summed E-state index contributed by atoms with van der Waals surface area (Å²) in [6, 6.07) is 17.6. The minimum Gasteiger partial charge on any atom is -0.423 e. The Hall–Kier alpha value is -3.01. The first-order valence-electron chi connectivity index (χ1n) is 6.49. The normalized spacial score (nSPS) is 10.5. The molecule has 0 amide bonds. The third-order valence-electron chi connectivity index (χ3n) is 3.19. The number of esters is 1. The molecular weight excluding hydrogens is 264 g/mol. The zero-order chi connectivity index (χ0) is 14.8. The summed E-state index contributed by atoms with van der Waals surface area (Å²) in [5.41, 5.74) is 13.1. The van der Waals surface area contributed by atoms with Gasteiger partial charge in [-0.1, -0.05) is 12.1 Å². The van der Waals surface area contributed by atoms with Gasteiger partial charge in [0.15, 0.2) is 0 Å². The molecule has 3 rings (SSSR count). The molecule has 0 radical (unpaired) electrons. The van der Waals surface area contributed by atoms with E-state index in [1.54, 1.807) is 42.5 Å². The molecule has 0 aliphatic heterocycles. The molecule has 3 aromatic carbocycles. The number of ether oxygens (including phenoxy) is 1. The minimum atomic E-state index is -0.404. The third kappa shape index (κ3) is 2.79. The highest BCUT2D eigenvalue weighted by Crippen LogP contribution is 2.20. The van der Waals surface area contributed by atoms with Gasteiger partial charge in [0.25, 0.3) is 0 Å². The van der Waals surface area contributed by atoms with Crippen molar-refractivity contribution in [3.05, 3.63) is 66.2 Å². The summed E-state index contributed by atoms with van der Waals surface area (Å²) in [4.78, 5) is 12.1. The topological polar surface area (TPSA) is 78.3 Å². The molecule has 0 aliphatic carbocycles. The van der Waals surface area contributed by atoms with Crippen molar-refractivity contribution in [1.29, 1.82) is 0 Å². The molecule has 0 heterocycles. The molecule has 0 fully saturated rings. The van der Waals surface area contributed by atoms with Crippen LogP contribution in [0.25, 0.3) is 10.8 Å². The summed E-state index contributed by atoms with van der Waals surface area (Å²) in [7, 11) is 0. The van der Waals surface area contributed by atoms with Gasteiger partial charge in [-0.3, -0.25) is 0 Å². The summed E-state index contributed by atoms with van der Waals surface area (Å²) in [5.74, 6) is 0.0603. The maximum Gasteiger partial charge on any atom is 0.343 e. The van der Waals surface area contributed by atoms with Gasteiger partial charge < -0.3 is 16.2 Å². The Bertz CT molecular complexity index is 811. The fraction of sp³-hybridized carbons (Fsp3) is 0. The summed E-state index contributed by atoms with van der Waals surface area (Å²) in [6.45, 7) is 0. The van der Waals surface area contributed by atoms with E-state index in [0.717, 1.165) is 10.8 Å². The van der Waals surface area contributed by atoms with E-state index in [-0.39, 0.29) is 0 Å². The van der Waals surface area contributed by atoms with E-state index >= 15 is 0 Å². The number of hydrogen-bond acceptors (Lipinski definition) is 4.